The van der Waals surface area contributed by atoms with Crippen LogP contribution >= 0.6 is 0 Å². The Bertz CT molecular complexity index is 29.9. The standard InChI is InChI=1S/O2Si.5H2O.Ta/c1-3-2;;;;;;/h;5*1H2;. The second kappa shape index (κ2) is 246. The maximum atomic E-state index is 8.40. The van der Waals surface area contributed by atoms with Crippen LogP contribution in [-0.4, -0.2) is 36.7 Å². The van der Waals surface area contributed by atoms with Gasteiger partial charge < -0.3 is 27.4 Å². The van der Waals surface area contributed by atoms with Gasteiger partial charge in [-0.1, -0.05) is 0 Å². The molecule has 1 radical (unpaired) electrons. The normalized spacial score (nSPS) is 0.889. The van der Waals surface area contributed by atoms with Crippen LogP contribution in [0.2, 0.25) is 0 Å². The van der Waals surface area contributed by atoms with Gasteiger partial charge in [0.1, 0.15) is 0 Å². The van der Waals surface area contributed by atoms with Gasteiger partial charge >= 0.3 is 9.29 Å². The first-order valence-electron chi connectivity index (χ1n) is 0.408. The van der Waals surface area contributed by atoms with Crippen molar-refractivity contribution in [2.24, 2.45) is 0 Å². The SMILES string of the molecule is O.O.O.O.O.O=[Si]=O.[Ta]. The van der Waals surface area contributed by atoms with Crippen molar-refractivity contribution in [1.82, 2.24) is 0 Å². The Morgan fingerprint density at radius 1 is 0.667 bits per heavy atom. The molecule has 7 nitrogen and oxygen atoms in total. The van der Waals surface area contributed by atoms with Crippen LogP contribution in [0.1, 0.15) is 0 Å². The summed E-state index contributed by atoms with van der Waals surface area (Å²) in [6, 6.07) is 0. The maximum Gasteiger partial charge on any atom is 0.549 e. The Morgan fingerprint density at radius 3 is 0.667 bits per heavy atom. The summed E-state index contributed by atoms with van der Waals surface area (Å²) in [7, 11) is -1.42. The molecule has 9 heavy (non-hydrogen) atoms. The van der Waals surface area contributed by atoms with Gasteiger partial charge in [-0.05, 0) is 0 Å². The third-order valence-corrected chi connectivity index (χ3v) is 0. The van der Waals surface area contributed by atoms with Gasteiger partial charge in [-0.25, -0.2) is 0 Å². The van der Waals surface area contributed by atoms with Crippen molar-refractivity contribution in [3.05, 3.63) is 0 Å². The molecule has 0 unspecified atom stereocenters. The quantitative estimate of drug-likeness (QED) is 0.403. The van der Waals surface area contributed by atoms with Gasteiger partial charge in [0, 0.05) is 22.4 Å². The minimum atomic E-state index is -1.42. The fourth-order valence-electron chi connectivity index (χ4n) is 0. The van der Waals surface area contributed by atoms with E-state index in [9.17, 15) is 0 Å². The van der Waals surface area contributed by atoms with Gasteiger partial charge in [-0.3, -0.25) is 8.92 Å². The Balaban J connectivity index is -0.00000000133. The zero-order valence-electron chi connectivity index (χ0n) is 4.26. The average molecular weight is 331 g/mol. The Morgan fingerprint density at radius 2 is 0.667 bits per heavy atom. The van der Waals surface area contributed by atoms with E-state index in [4.69, 9.17) is 8.92 Å². The van der Waals surface area contributed by atoms with Crippen molar-refractivity contribution in [2.45, 2.75) is 0 Å². The molecule has 0 aliphatic heterocycles. The molecular formula is H10O7SiTa. The minimum absolute atomic E-state index is 0. The van der Waals surface area contributed by atoms with Crippen molar-refractivity contribution in [3.8, 4) is 0 Å². The van der Waals surface area contributed by atoms with E-state index in [0.717, 1.165) is 0 Å². The van der Waals surface area contributed by atoms with Crippen LogP contribution < -0.4 is 0 Å². The molecular weight excluding hydrogens is 321 g/mol. The summed E-state index contributed by atoms with van der Waals surface area (Å²) in [6.07, 6.45) is 0. The average Bonchev–Trinajstić information content (AvgIpc) is 0.918. The van der Waals surface area contributed by atoms with Crippen LogP contribution in [0.5, 0.6) is 0 Å². The molecule has 0 bridgehead atoms. The van der Waals surface area contributed by atoms with Crippen molar-refractivity contribution in [2.75, 3.05) is 0 Å². The van der Waals surface area contributed by atoms with Crippen molar-refractivity contribution >= 4 is 9.29 Å². The van der Waals surface area contributed by atoms with Crippen LogP contribution in [0, 0.1) is 0 Å². The number of hydrogen-bond acceptors (Lipinski definition) is 2. The van der Waals surface area contributed by atoms with E-state index in [1.54, 1.807) is 0 Å². The van der Waals surface area contributed by atoms with E-state index in [-0.39, 0.29) is 49.8 Å². The predicted molar refractivity (Wildman–Crippen MR) is 25.2 cm³/mol. The first-order valence-corrected chi connectivity index (χ1v) is 1.22. The van der Waals surface area contributed by atoms with Gasteiger partial charge in [-0.2, -0.15) is 0 Å². The number of rotatable bonds is 0. The first kappa shape index (κ1) is 118. The third-order valence-electron chi connectivity index (χ3n) is 0. The summed E-state index contributed by atoms with van der Waals surface area (Å²) in [5.74, 6) is 0. The van der Waals surface area contributed by atoms with Gasteiger partial charge in [0.25, 0.3) is 0 Å². The van der Waals surface area contributed by atoms with Crippen LogP contribution in [0.25, 0.3) is 0 Å². The van der Waals surface area contributed by atoms with E-state index in [1.165, 1.54) is 0 Å². The topological polar surface area (TPSA) is 192 Å². The molecule has 10 N–H and O–H groups in total. The summed E-state index contributed by atoms with van der Waals surface area (Å²) in [6.45, 7) is 0. The molecule has 0 atom stereocenters. The molecule has 0 heterocycles. The summed E-state index contributed by atoms with van der Waals surface area (Å²) < 4.78 is 16.8. The van der Waals surface area contributed by atoms with Gasteiger partial charge in [0.15, 0.2) is 0 Å². The van der Waals surface area contributed by atoms with E-state index >= 15 is 0 Å². The molecule has 0 aromatic heterocycles. The monoisotopic (exact) mass is 331 g/mol. The summed E-state index contributed by atoms with van der Waals surface area (Å²) in [5, 5.41) is 0. The van der Waals surface area contributed by atoms with E-state index < -0.39 is 9.29 Å². The van der Waals surface area contributed by atoms with Crippen LogP contribution in [-0.2, 0) is 31.3 Å². The zero-order chi connectivity index (χ0) is 2.71. The molecule has 0 saturated heterocycles. The largest absolute Gasteiger partial charge is 0.549 e. The summed E-state index contributed by atoms with van der Waals surface area (Å²) >= 11 is 0. The fraction of sp³-hybridized carbons (Fsp3) is 0. The van der Waals surface area contributed by atoms with E-state index in [0.29, 0.717) is 0 Å². The Kier molecular flexibility index (Phi) is 3210. The molecule has 0 aliphatic rings. The first-order chi connectivity index (χ1) is 1.41. The molecule has 0 spiro atoms. The van der Waals surface area contributed by atoms with Crippen molar-refractivity contribution in [1.29, 1.82) is 0 Å². The molecule has 0 aromatic rings. The van der Waals surface area contributed by atoms with Gasteiger partial charge in [0.05, 0.1) is 0 Å². The smallest absolute Gasteiger partial charge is 0.412 e. The molecule has 0 aliphatic carbocycles. The molecule has 0 aromatic carbocycles. The molecule has 9 heteroatoms. The maximum absolute atomic E-state index is 8.40. The van der Waals surface area contributed by atoms with Gasteiger partial charge in [0.2, 0.25) is 0 Å². The predicted octanol–water partition coefficient (Wildman–Crippen LogP) is -4.74. The van der Waals surface area contributed by atoms with E-state index in [2.05, 4.69) is 0 Å². The van der Waals surface area contributed by atoms with E-state index in [1.807, 2.05) is 0 Å². The molecule has 0 amide bonds. The number of hydrogen-bond donors (Lipinski definition) is 0. The Labute approximate surface area is 68.4 Å². The molecule has 0 rings (SSSR count). The van der Waals surface area contributed by atoms with Crippen LogP contribution in [0.4, 0.5) is 0 Å². The zero-order valence-corrected chi connectivity index (χ0v) is 8.48. The fourth-order valence-corrected chi connectivity index (χ4v) is 0. The van der Waals surface area contributed by atoms with Crippen LogP contribution in [0.15, 0.2) is 0 Å². The Hall–Kier alpha value is 0.357. The van der Waals surface area contributed by atoms with Crippen LogP contribution in [0.3, 0.4) is 0 Å². The molecule has 0 fully saturated rings. The summed E-state index contributed by atoms with van der Waals surface area (Å²) in [5.41, 5.74) is 0. The molecule has 0 saturated carbocycles. The minimum Gasteiger partial charge on any atom is -0.412 e. The summed E-state index contributed by atoms with van der Waals surface area (Å²) in [4.78, 5) is 0. The second-order valence-corrected chi connectivity index (χ2v) is 0.250. The van der Waals surface area contributed by atoms with Gasteiger partial charge in [-0.15, -0.1) is 0 Å². The van der Waals surface area contributed by atoms with Crippen molar-refractivity contribution < 1.29 is 58.7 Å². The van der Waals surface area contributed by atoms with Crippen molar-refractivity contribution in [3.63, 3.8) is 0 Å². The molecule has 61 valence electrons. The second-order valence-electron chi connectivity index (χ2n) is 0.0833. The third kappa shape index (κ3) is 2650.